The number of H-pyrrole nitrogens is 1. The molecule has 0 fully saturated rings. The zero-order valence-corrected chi connectivity index (χ0v) is 10.2. The lowest BCUT2D eigenvalue weighted by Crippen LogP contribution is -2.11. The molecule has 3 N–H and O–H groups in total. The van der Waals surface area contributed by atoms with Crippen molar-refractivity contribution in [2.24, 2.45) is 5.73 Å². The molecule has 3 nitrogen and oxygen atoms in total. The summed E-state index contributed by atoms with van der Waals surface area (Å²) in [6, 6.07) is 2.56. The van der Waals surface area contributed by atoms with Crippen LogP contribution in [0.3, 0.4) is 0 Å². The van der Waals surface area contributed by atoms with E-state index in [9.17, 15) is 9.18 Å². The molecule has 0 aliphatic rings. The topological polar surface area (TPSA) is 58.9 Å². The number of benzene rings is 1. The zero-order chi connectivity index (χ0) is 11.9. The Labute approximate surface area is 100.0 Å². The molecule has 0 aliphatic heterocycles. The van der Waals surface area contributed by atoms with Crippen LogP contribution in [-0.4, -0.2) is 10.9 Å². The Hall–Kier alpha value is -1.36. The molecule has 0 saturated heterocycles. The van der Waals surface area contributed by atoms with E-state index in [1.165, 1.54) is 6.07 Å². The van der Waals surface area contributed by atoms with E-state index in [1.807, 2.05) is 6.92 Å². The van der Waals surface area contributed by atoms with Crippen molar-refractivity contribution in [2.75, 3.05) is 0 Å². The van der Waals surface area contributed by atoms with Gasteiger partial charge in [0, 0.05) is 16.4 Å². The smallest absolute Gasteiger partial charge is 0.250 e. The molecule has 5 heteroatoms. The number of nitrogens with two attached hydrogens (primary N) is 1. The van der Waals surface area contributed by atoms with Gasteiger partial charge in [-0.3, -0.25) is 4.79 Å². The molecule has 0 aliphatic carbocycles. The fraction of sp³-hybridized carbons (Fsp3) is 0.182. The van der Waals surface area contributed by atoms with E-state index in [4.69, 9.17) is 5.73 Å². The van der Waals surface area contributed by atoms with Crippen molar-refractivity contribution >= 4 is 32.7 Å². The van der Waals surface area contributed by atoms with Gasteiger partial charge in [-0.1, -0.05) is 15.9 Å². The summed E-state index contributed by atoms with van der Waals surface area (Å²) in [5.74, 6) is -1.09. The molecule has 0 atom stereocenters. The average Bonchev–Trinajstić information content (AvgIpc) is 2.52. The highest BCUT2D eigenvalue weighted by molar-refractivity contribution is 9.08. The Morgan fingerprint density at radius 2 is 2.25 bits per heavy atom. The second-order valence-electron chi connectivity index (χ2n) is 3.60. The molecule has 1 heterocycles. The Kier molecular flexibility index (Phi) is 2.71. The van der Waals surface area contributed by atoms with E-state index in [2.05, 4.69) is 20.9 Å². The van der Waals surface area contributed by atoms with Crippen LogP contribution in [0.1, 0.15) is 21.6 Å². The van der Waals surface area contributed by atoms with Crippen LogP contribution in [0.5, 0.6) is 0 Å². The molecule has 1 aromatic heterocycles. The lowest BCUT2D eigenvalue weighted by Gasteiger charge is -2.00. The number of aromatic amines is 1. The van der Waals surface area contributed by atoms with Crippen LogP contribution in [-0.2, 0) is 5.33 Å². The molecule has 2 rings (SSSR count). The molecule has 0 bridgehead atoms. The van der Waals surface area contributed by atoms with Gasteiger partial charge in [0.2, 0.25) is 0 Å². The van der Waals surface area contributed by atoms with Crippen LogP contribution in [0.25, 0.3) is 10.9 Å². The number of alkyl halides is 1. The first-order valence-corrected chi connectivity index (χ1v) is 5.83. The number of carbonyl (C=O) groups excluding carboxylic acids is 1. The number of hydrogen-bond acceptors (Lipinski definition) is 1. The highest BCUT2D eigenvalue weighted by Crippen LogP contribution is 2.27. The number of aromatic nitrogens is 1. The molecular weight excluding hydrogens is 275 g/mol. The summed E-state index contributed by atoms with van der Waals surface area (Å²) < 4.78 is 13.3. The maximum atomic E-state index is 13.3. The van der Waals surface area contributed by atoms with Crippen LogP contribution < -0.4 is 5.73 Å². The van der Waals surface area contributed by atoms with Crippen LogP contribution in [0.4, 0.5) is 4.39 Å². The van der Waals surface area contributed by atoms with Crippen molar-refractivity contribution in [2.45, 2.75) is 12.3 Å². The van der Waals surface area contributed by atoms with Crippen molar-refractivity contribution < 1.29 is 9.18 Å². The third kappa shape index (κ3) is 1.61. The van der Waals surface area contributed by atoms with Gasteiger partial charge >= 0.3 is 0 Å². The van der Waals surface area contributed by atoms with Crippen molar-refractivity contribution in [1.82, 2.24) is 4.98 Å². The molecule has 0 saturated carbocycles. The van der Waals surface area contributed by atoms with Gasteiger partial charge in [-0.15, -0.1) is 0 Å². The molecular formula is C11H10BrFN2O. The van der Waals surface area contributed by atoms with Crippen molar-refractivity contribution in [1.29, 1.82) is 0 Å². The summed E-state index contributed by atoms with van der Waals surface area (Å²) in [5, 5.41) is 1.30. The van der Waals surface area contributed by atoms with Gasteiger partial charge in [0.25, 0.3) is 5.91 Å². The number of aryl methyl sites for hydroxylation is 1. The van der Waals surface area contributed by atoms with E-state index >= 15 is 0 Å². The molecule has 1 amide bonds. The van der Waals surface area contributed by atoms with Gasteiger partial charge in [0.1, 0.15) is 5.82 Å². The largest absolute Gasteiger partial charge is 0.366 e. The predicted molar refractivity (Wildman–Crippen MR) is 64.1 cm³/mol. The van der Waals surface area contributed by atoms with E-state index in [0.717, 1.165) is 17.3 Å². The summed E-state index contributed by atoms with van der Waals surface area (Å²) in [6.45, 7) is 1.87. The van der Waals surface area contributed by atoms with Crippen LogP contribution in [0, 0.1) is 12.7 Å². The van der Waals surface area contributed by atoms with E-state index in [0.29, 0.717) is 16.2 Å². The summed E-state index contributed by atoms with van der Waals surface area (Å²) in [7, 11) is 0. The second kappa shape index (κ2) is 3.90. The number of primary amides is 1. The Bertz CT molecular complexity index is 577. The number of fused-ring (bicyclic) bond motifs is 1. The average molecular weight is 285 g/mol. The number of amides is 1. The fourth-order valence-corrected chi connectivity index (χ4v) is 2.53. The monoisotopic (exact) mass is 284 g/mol. The Morgan fingerprint density at radius 3 is 2.81 bits per heavy atom. The normalized spacial score (nSPS) is 10.9. The van der Waals surface area contributed by atoms with E-state index in [-0.39, 0.29) is 5.56 Å². The minimum absolute atomic E-state index is 0.185. The first kappa shape index (κ1) is 11.1. The Morgan fingerprint density at radius 1 is 1.56 bits per heavy atom. The van der Waals surface area contributed by atoms with E-state index in [1.54, 1.807) is 0 Å². The third-order valence-electron chi connectivity index (χ3n) is 2.59. The fourth-order valence-electron chi connectivity index (χ4n) is 1.81. The minimum Gasteiger partial charge on any atom is -0.366 e. The Balaban J connectivity index is 2.88. The third-order valence-corrected chi connectivity index (χ3v) is 3.15. The standard InChI is InChI=1S/C11H10BrFN2O/c1-5-9(4-12)7-2-6(13)3-8(11(14)16)10(7)15-5/h2-3,15H,4H2,1H3,(H2,14,16). The first-order valence-electron chi connectivity index (χ1n) is 4.71. The molecule has 16 heavy (non-hydrogen) atoms. The number of rotatable bonds is 2. The molecule has 0 radical (unpaired) electrons. The summed E-state index contributed by atoms with van der Waals surface area (Å²) >= 11 is 3.34. The van der Waals surface area contributed by atoms with Gasteiger partial charge in [-0.05, 0) is 24.6 Å². The van der Waals surface area contributed by atoms with Crippen LogP contribution in [0.2, 0.25) is 0 Å². The SMILES string of the molecule is Cc1[nH]c2c(C(N)=O)cc(F)cc2c1CBr. The van der Waals surface area contributed by atoms with Crippen molar-refractivity contribution in [3.63, 3.8) is 0 Å². The maximum absolute atomic E-state index is 13.3. The lowest BCUT2D eigenvalue weighted by atomic mass is 10.1. The summed E-state index contributed by atoms with van der Waals surface area (Å²) in [6.07, 6.45) is 0. The van der Waals surface area contributed by atoms with Gasteiger partial charge in [-0.2, -0.15) is 0 Å². The molecule has 2 aromatic rings. The van der Waals surface area contributed by atoms with Crippen LogP contribution >= 0.6 is 15.9 Å². The summed E-state index contributed by atoms with van der Waals surface area (Å²) in [5.41, 5.74) is 7.84. The number of halogens is 2. The van der Waals surface area contributed by atoms with Gasteiger partial charge in [-0.25, -0.2) is 4.39 Å². The molecule has 0 unspecified atom stereocenters. The van der Waals surface area contributed by atoms with Gasteiger partial charge in [0.05, 0.1) is 11.1 Å². The quantitative estimate of drug-likeness (QED) is 0.819. The summed E-state index contributed by atoms with van der Waals surface area (Å²) in [4.78, 5) is 14.3. The molecule has 0 spiro atoms. The van der Waals surface area contributed by atoms with Crippen LogP contribution in [0.15, 0.2) is 12.1 Å². The number of carbonyl (C=O) groups is 1. The number of hydrogen-bond donors (Lipinski definition) is 2. The first-order chi connectivity index (χ1) is 7.54. The highest BCUT2D eigenvalue weighted by atomic mass is 79.9. The highest BCUT2D eigenvalue weighted by Gasteiger charge is 2.15. The number of nitrogens with one attached hydrogen (secondary N) is 1. The van der Waals surface area contributed by atoms with Gasteiger partial charge in [0.15, 0.2) is 0 Å². The van der Waals surface area contributed by atoms with Gasteiger partial charge < -0.3 is 10.7 Å². The molecule has 84 valence electrons. The van der Waals surface area contributed by atoms with Crippen molar-refractivity contribution in [3.8, 4) is 0 Å². The van der Waals surface area contributed by atoms with Crippen molar-refractivity contribution in [3.05, 3.63) is 34.8 Å². The zero-order valence-electron chi connectivity index (χ0n) is 8.60. The maximum Gasteiger partial charge on any atom is 0.250 e. The second-order valence-corrected chi connectivity index (χ2v) is 4.16. The van der Waals surface area contributed by atoms with E-state index < -0.39 is 11.7 Å². The lowest BCUT2D eigenvalue weighted by molar-refractivity contribution is 0.100. The predicted octanol–water partition coefficient (Wildman–Crippen LogP) is 2.61. The minimum atomic E-state index is -0.633. The molecule has 1 aromatic carbocycles.